The smallest absolute Gasteiger partial charge is 0.270 e. The highest BCUT2D eigenvalue weighted by Crippen LogP contribution is 2.17. The average Bonchev–Trinajstić information content (AvgIpc) is 2.94. The first-order valence-corrected chi connectivity index (χ1v) is 8.09. The van der Waals surface area contributed by atoms with Gasteiger partial charge in [0.2, 0.25) is 0 Å². The number of aryl methyl sites for hydroxylation is 2. The Hall–Kier alpha value is -3.02. The molecular formula is C19H21N3O3. The van der Waals surface area contributed by atoms with E-state index in [1.54, 1.807) is 7.11 Å². The number of carbonyl (C=O) groups excluding carboxylic acids is 1. The van der Waals surface area contributed by atoms with Gasteiger partial charge < -0.3 is 14.8 Å². The van der Waals surface area contributed by atoms with Crippen LogP contribution in [0.5, 0.6) is 11.5 Å². The summed E-state index contributed by atoms with van der Waals surface area (Å²) in [6, 6.07) is 11.2. The lowest BCUT2D eigenvalue weighted by molar-refractivity contribution is 0.0940. The Labute approximate surface area is 146 Å². The molecule has 6 nitrogen and oxygen atoms in total. The van der Waals surface area contributed by atoms with Gasteiger partial charge in [-0.15, -0.1) is 0 Å². The Bertz CT molecular complexity index is 885. The van der Waals surface area contributed by atoms with Crippen LogP contribution in [0.4, 0.5) is 0 Å². The normalized spacial score (nSPS) is 10.7. The first-order chi connectivity index (χ1) is 12.1. The molecule has 130 valence electrons. The molecule has 0 saturated heterocycles. The summed E-state index contributed by atoms with van der Waals surface area (Å²) in [5, 5.41) is 2.88. The summed E-state index contributed by atoms with van der Waals surface area (Å²) in [7, 11) is 1.62. The van der Waals surface area contributed by atoms with Crippen LogP contribution in [0.2, 0.25) is 0 Å². The van der Waals surface area contributed by atoms with Gasteiger partial charge in [0.05, 0.1) is 19.3 Å². The van der Waals surface area contributed by atoms with E-state index >= 15 is 0 Å². The summed E-state index contributed by atoms with van der Waals surface area (Å²) in [6.07, 6.45) is 1.87. The van der Waals surface area contributed by atoms with Gasteiger partial charge in [-0.2, -0.15) is 0 Å². The van der Waals surface area contributed by atoms with Gasteiger partial charge in [-0.05, 0) is 55.8 Å². The molecule has 0 aliphatic rings. The van der Waals surface area contributed by atoms with E-state index in [9.17, 15) is 4.79 Å². The van der Waals surface area contributed by atoms with Gasteiger partial charge in [-0.1, -0.05) is 0 Å². The molecule has 2 heterocycles. The molecule has 0 atom stereocenters. The summed E-state index contributed by atoms with van der Waals surface area (Å²) in [5.74, 6) is 1.35. The second-order valence-electron chi connectivity index (χ2n) is 5.76. The van der Waals surface area contributed by atoms with E-state index in [-0.39, 0.29) is 5.91 Å². The van der Waals surface area contributed by atoms with E-state index in [2.05, 4.69) is 10.3 Å². The topological polar surface area (TPSA) is 64.9 Å². The maximum Gasteiger partial charge on any atom is 0.270 e. The van der Waals surface area contributed by atoms with Gasteiger partial charge in [-0.25, -0.2) is 4.98 Å². The molecular weight excluding hydrogens is 318 g/mol. The Kier molecular flexibility index (Phi) is 4.88. The minimum absolute atomic E-state index is 0.160. The second-order valence-corrected chi connectivity index (χ2v) is 5.76. The fourth-order valence-electron chi connectivity index (χ4n) is 2.63. The highest BCUT2D eigenvalue weighted by Gasteiger charge is 2.16. The summed E-state index contributed by atoms with van der Waals surface area (Å²) in [4.78, 5) is 16.9. The highest BCUT2D eigenvalue weighted by molar-refractivity contribution is 5.94. The Balaban J connectivity index is 1.58. The number of hydrogen-bond acceptors (Lipinski definition) is 4. The van der Waals surface area contributed by atoms with Crippen LogP contribution in [0.25, 0.3) is 5.65 Å². The quantitative estimate of drug-likeness (QED) is 0.702. The molecule has 0 saturated carbocycles. The third-order valence-electron chi connectivity index (χ3n) is 3.89. The predicted octanol–water partition coefficient (Wildman–Crippen LogP) is 2.77. The lowest BCUT2D eigenvalue weighted by Gasteiger charge is -2.09. The molecule has 6 heteroatoms. The molecule has 0 radical (unpaired) electrons. The zero-order valence-corrected chi connectivity index (χ0v) is 14.6. The van der Waals surface area contributed by atoms with E-state index < -0.39 is 0 Å². The first-order valence-electron chi connectivity index (χ1n) is 8.09. The molecule has 1 amide bonds. The standard InChI is InChI=1S/C19H21N3O3/c1-13-8-10-22-17(12-13)21-14(2)18(22)19(23)20-9-11-25-16-6-4-15(24-3)5-7-16/h4-8,10,12H,9,11H2,1-3H3,(H,20,23). The molecule has 1 N–H and O–H groups in total. The van der Waals surface area contributed by atoms with Crippen molar-refractivity contribution in [1.29, 1.82) is 0 Å². The zero-order valence-electron chi connectivity index (χ0n) is 14.6. The van der Waals surface area contributed by atoms with Crippen LogP contribution >= 0.6 is 0 Å². The molecule has 2 aromatic heterocycles. The molecule has 3 aromatic rings. The van der Waals surface area contributed by atoms with Gasteiger partial charge in [0, 0.05) is 6.20 Å². The van der Waals surface area contributed by atoms with E-state index in [4.69, 9.17) is 9.47 Å². The van der Waals surface area contributed by atoms with Gasteiger partial charge in [0.1, 0.15) is 29.4 Å². The summed E-state index contributed by atoms with van der Waals surface area (Å²) < 4.78 is 12.5. The number of amides is 1. The van der Waals surface area contributed by atoms with E-state index in [0.29, 0.717) is 24.5 Å². The van der Waals surface area contributed by atoms with Crippen LogP contribution in [0.3, 0.4) is 0 Å². The average molecular weight is 339 g/mol. The molecule has 0 aliphatic heterocycles. The van der Waals surface area contributed by atoms with Crippen molar-refractivity contribution in [3.8, 4) is 11.5 Å². The number of nitrogens with zero attached hydrogens (tertiary/aromatic N) is 2. The largest absolute Gasteiger partial charge is 0.497 e. The summed E-state index contributed by atoms with van der Waals surface area (Å²) in [6.45, 7) is 4.63. The van der Waals surface area contributed by atoms with E-state index in [0.717, 1.165) is 22.7 Å². The summed E-state index contributed by atoms with van der Waals surface area (Å²) in [5.41, 5.74) is 3.15. The number of rotatable bonds is 6. The maximum atomic E-state index is 12.5. The minimum atomic E-state index is -0.160. The van der Waals surface area contributed by atoms with Crippen molar-refractivity contribution in [2.45, 2.75) is 13.8 Å². The van der Waals surface area contributed by atoms with Gasteiger partial charge >= 0.3 is 0 Å². The number of pyridine rings is 1. The number of benzene rings is 1. The van der Waals surface area contributed by atoms with Crippen molar-refractivity contribution in [3.05, 3.63) is 59.5 Å². The Morgan fingerprint density at radius 2 is 1.88 bits per heavy atom. The summed E-state index contributed by atoms with van der Waals surface area (Å²) >= 11 is 0. The van der Waals surface area contributed by atoms with Crippen molar-refractivity contribution >= 4 is 11.6 Å². The number of aromatic nitrogens is 2. The molecule has 1 aromatic carbocycles. The number of nitrogens with one attached hydrogen (secondary N) is 1. The maximum absolute atomic E-state index is 12.5. The zero-order chi connectivity index (χ0) is 17.8. The monoisotopic (exact) mass is 339 g/mol. The molecule has 0 spiro atoms. The van der Waals surface area contributed by atoms with Crippen LogP contribution in [-0.4, -0.2) is 35.6 Å². The van der Waals surface area contributed by atoms with Crippen molar-refractivity contribution in [3.63, 3.8) is 0 Å². The van der Waals surface area contributed by atoms with Gasteiger partial charge in [0.15, 0.2) is 0 Å². The third kappa shape index (κ3) is 3.74. The molecule has 25 heavy (non-hydrogen) atoms. The van der Waals surface area contributed by atoms with Crippen molar-refractivity contribution < 1.29 is 14.3 Å². The molecule has 0 fully saturated rings. The van der Waals surface area contributed by atoms with Crippen LogP contribution < -0.4 is 14.8 Å². The number of imidazole rings is 1. The number of carbonyl (C=O) groups is 1. The predicted molar refractivity (Wildman–Crippen MR) is 95.5 cm³/mol. The number of ether oxygens (including phenoxy) is 2. The SMILES string of the molecule is COc1ccc(OCCNC(=O)c2c(C)nc3cc(C)ccn23)cc1. The number of fused-ring (bicyclic) bond motifs is 1. The fourth-order valence-corrected chi connectivity index (χ4v) is 2.63. The fraction of sp³-hybridized carbons (Fsp3) is 0.263. The number of hydrogen-bond donors (Lipinski definition) is 1. The Morgan fingerprint density at radius 1 is 1.16 bits per heavy atom. The molecule has 0 bridgehead atoms. The van der Waals surface area contributed by atoms with Gasteiger partial charge in [0.25, 0.3) is 5.91 Å². The van der Waals surface area contributed by atoms with Crippen LogP contribution in [-0.2, 0) is 0 Å². The van der Waals surface area contributed by atoms with E-state index in [1.807, 2.05) is 60.8 Å². The molecule has 3 rings (SSSR count). The highest BCUT2D eigenvalue weighted by atomic mass is 16.5. The first kappa shape index (κ1) is 16.8. The molecule has 0 unspecified atom stereocenters. The molecule has 0 aliphatic carbocycles. The van der Waals surface area contributed by atoms with Crippen LogP contribution in [0.1, 0.15) is 21.7 Å². The van der Waals surface area contributed by atoms with Gasteiger partial charge in [-0.3, -0.25) is 9.20 Å². The van der Waals surface area contributed by atoms with Crippen LogP contribution in [0.15, 0.2) is 42.6 Å². The van der Waals surface area contributed by atoms with Crippen molar-refractivity contribution in [1.82, 2.24) is 14.7 Å². The lowest BCUT2D eigenvalue weighted by Crippen LogP contribution is -2.29. The second kappa shape index (κ2) is 7.25. The number of methoxy groups -OCH3 is 1. The van der Waals surface area contributed by atoms with Crippen molar-refractivity contribution in [2.75, 3.05) is 20.3 Å². The third-order valence-corrected chi connectivity index (χ3v) is 3.89. The van der Waals surface area contributed by atoms with Crippen molar-refractivity contribution in [2.24, 2.45) is 0 Å². The lowest BCUT2D eigenvalue weighted by atomic mass is 10.3. The van der Waals surface area contributed by atoms with E-state index in [1.165, 1.54) is 0 Å². The minimum Gasteiger partial charge on any atom is -0.497 e. The van der Waals surface area contributed by atoms with Crippen LogP contribution in [0, 0.1) is 13.8 Å². The Morgan fingerprint density at radius 3 is 2.60 bits per heavy atom.